The molecule has 4 aromatic rings. The van der Waals surface area contributed by atoms with Crippen LogP contribution < -0.4 is 24.4 Å². The summed E-state index contributed by atoms with van der Waals surface area (Å²) in [5.41, 5.74) is 2.87. The number of hydrogen-bond acceptors (Lipinski definition) is 6. The first-order valence-electron chi connectivity index (χ1n) is 13.3. The van der Waals surface area contributed by atoms with Crippen LogP contribution in [0.2, 0.25) is 0 Å². The van der Waals surface area contributed by atoms with Gasteiger partial charge in [-0.3, -0.25) is 14.9 Å². The molecule has 1 N–H and O–H groups in total. The highest BCUT2D eigenvalue weighted by Crippen LogP contribution is 2.32. The van der Waals surface area contributed by atoms with E-state index in [1.165, 1.54) is 13.2 Å². The van der Waals surface area contributed by atoms with Crippen molar-refractivity contribution < 1.29 is 28.6 Å². The first-order chi connectivity index (χ1) is 19.9. The lowest BCUT2D eigenvalue weighted by Gasteiger charge is -2.26. The zero-order chi connectivity index (χ0) is 28.9. The highest BCUT2D eigenvalue weighted by molar-refractivity contribution is 6.39. The summed E-state index contributed by atoms with van der Waals surface area (Å²) in [5, 5.41) is 4.50. The number of urea groups is 1. The number of nitrogens with zero attached hydrogens (tertiary/aromatic N) is 1. The molecule has 4 aromatic carbocycles. The Morgan fingerprint density at radius 3 is 2.41 bits per heavy atom. The van der Waals surface area contributed by atoms with Crippen LogP contribution in [-0.2, 0) is 16.2 Å². The summed E-state index contributed by atoms with van der Waals surface area (Å²) in [6, 6.07) is 23.2. The van der Waals surface area contributed by atoms with Crippen molar-refractivity contribution in [3.63, 3.8) is 0 Å². The Morgan fingerprint density at radius 1 is 0.878 bits per heavy atom. The number of ether oxygens (including phenoxy) is 3. The van der Waals surface area contributed by atoms with Gasteiger partial charge in [-0.05, 0) is 77.7 Å². The number of methoxy groups -OCH3 is 1. The first-order valence-corrected chi connectivity index (χ1v) is 13.3. The highest BCUT2D eigenvalue weighted by atomic mass is 16.5. The summed E-state index contributed by atoms with van der Waals surface area (Å²) in [5.74, 6) is 0.0778. The summed E-state index contributed by atoms with van der Waals surface area (Å²) in [7, 11) is 1.52. The quantitative estimate of drug-likeness (QED) is 0.197. The number of anilines is 1. The van der Waals surface area contributed by atoms with E-state index in [9.17, 15) is 14.4 Å². The Kier molecular flexibility index (Phi) is 8.01. The Balaban J connectivity index is 1.38. The lowest BCUT2D eigenvalue weighted by Crippen LogP contribution is -2.54. The van der Waals surface area contributed by atoms with E-state index in [1.807, 2.05) is 26.0 Å². The minimum atomic E-state index is -0.815. The fraction of sp³-hybridized carbons (Fsp3) is 0.182. The third kappa shape index (κ3) is 5.77. The Bertz CT molecular complexity index is 1660. The zero-order valence-electron chi connectivity index (χ0n) is 23.1. The maximum atomic E-state index is 13.3. The fourth-order valence-electron chi connectivity index (χ4n) is 4.65. The number of aryl methyl sites for hydroxylation is 1. The van der Waals surface area contributed by atoms with Crippen molar-refractivity contribution in [1.82, 2.24) is 5.32 Å². The van der Waals surface area contributed by atoms with E-state index in [2.05, 4.69) is 29.6 Å². The Hall–Kier alpha value is -5.11. The van der Waals surface area contributed by atoms with Crippen molar-refractivity contribution in [2.24, 2.45) is 0 Å². The van der Waals surface area contributed by atoms with Crippen molar-refractivity contribution in [1.29, 1.82) is 0 Å². The molecule has 0 saturated carbocycles. The molecule has 8 nitrogen and oxygen atoms in total. The Labute approximate surface area is 238 Å². The highest BCUT2D eigenvalue weighted by Gasteiger charge is 2.36. The van der Waals surface area contributed by atoms with Crippen molar-refractivity contribution in [3.05, 3.63) is 101 Å². The lowest BCUT2D eigenvalue weighted by atomic mass is 10.0. The van der Waals surface area contributed by atoms with Crippen LogP contribution in [0.4, 0.5) is 10.5 Å². The van der Waals surface area contributed by atoms with Gasteiger partial charge in [0.1, 0.15) is 17.9 Å². The number of amides is 4. The van der Waals surface area contributed by atoms with Gasteiger partial charge in [-0.25, -0.2) is 9.69 Å². The van der Waals surface area contributed by atoms with E-state index in [1.54, 1.807) is 42.5 Å². The smallest absolute Gasteiger partial charge is 0.335 e. The van der Waals surface area contributed by atoms with Gasteiger partial charge in [0.15, 0.2) is 11.5 Å². The maximum absolute atomic E-state index is 13.3. The molecule has 1 saturated heterocycles. The predicted molar refractivity (Wildman–Crippen MR) is 157 cm³/mol. The van der Waals surface area contributed by atoms with E-state index < -0.39 is 17.8 Å². The van der Waals surface area contributed by atoms with Gasteiger partial charge in [0.25, 0.3) is 11.8 Å². The third-order valence-electron chi connectivity index (χ3n) is 6.81. The number of rotatable bonds is 9. The van der Waals surface area contributed by atoms with Crippen molar-refractivity contribution >= 4 is 40.4 Å². The molecule has 41 heavy (non-hydrogen) atoms. The second-order valence-electron chi connectivity index (χ2n) is 9.58. The van der Waals surface area contributed by atoms with Gasteiger partial charge in [-0.2, -0.15) is 0 Å². The molecule has 0 radical (unpaired) electrons. The summed E-state index contributed by atoms with van der Waals surface area (Å²) in [6.07, 6.45) is 2.28. The monoisotopic (exact) mass is 550 g/mol. The van der Waals surface area contributed by atoms with Gasteiger partial charge >= 0.3 is 6.03 Å². The second-order valence-corrected chi connectivity index (χ2v) is 9.58. The molecule has 0 aromatic heterocycles. The zero-order valence-corrected chi connectivity index (χ0v) is 23.1. The standard InChI is InChI=1S/C33H30N2O6/c1-4-17-40-25-14-12-24(13-15-25)35-32(37)27(31(36)34-33(35)38)18-22-10-16-29(30(19-22)39-3)41-20-28-21(2)9-11-23-7-5-6-8-26(23)28/h5-16,18-19H,4,17,20H2,1-3H3,(H,34,36,38)/b27-18-. The van der Waals surface area contributed by atoms with Gasteiger partial charge < -0.3 is 14.2 Å². The molecule has 8 heteroatoms. The number of barbiturate groups is 1. The number of imide groups is 2. The van der Waals surface area contributed by atoms with E-state index in [0.717, 1.165) is 33.2 Å². The van der Waals surface area contributed by atoms with Crippen LogP contribution in [0.25, 0.3) is 16.8 Å². The average Bonchev–Trinajstić information content (AvgIpc) is 2.98. The van der Waals surface area contributed by atoms with E-state index in [4.69, 9.17) is 14.2 Å². The fourth-order valence-corrected chi connectivity index (χ4v) is 4.65. The summed E-state index contributed by atoms with van der Waals surface area (Å²) in [4.78, 5) is 39.5. The third-order valence-corrected chi connectivity index (χ3v) is 6.81. The van der Waals surface area contributed by atoms with Gasteiger partial charge in [0.2, 0.25) is 0 Å². The molecule has 5 rings (SSSR count). The number of benzene rings is 4. The van der Waals surface area contributed by atoms with Crippen LogP contribution in [0.3, 0.4) is 0 Å². The van der Waals surface area contributed by atoms with Crippen LogP contribution in [0, 0.1) is 6.92 Å². The summed E-state index contributed by atoms with van der Waals surface area (Å²) >= 11 is 0. The normalized spacial score (nSPS) is 14.4. The molecule has 0 spiro atoms. The molecule has 0 bridgehead atoms. The van der Waals surface area contributed by atoms with Crippen molar-refractivity contribution in [2.75, 3.05) is 18.6 Å². The average molecular weight is 551 g/mol. The molecular formula is C33H30N2O6. The summed E-state index contributed by atoms with van der Waals surface area (Å²) < 4.78 is 17.3. The van der Waals surface area contributed by atoms with Crippen molar-refractivity contribution in [3.8, 4) is 17.2 Å². The summed E-state index contributed by atoms with van der Waals surface area (Å²) in [6.45, 7) is 4.94. The van der Waals surface area contributed by atoms with E-state index >= 15 is 0 Å². The molecule has 4 amide bonds. The molecule has 0 aliphatic carbocycles. The number of carbonyl (C=O) groups excluding carboxylic acids is 3. The van der Waals surface area contributed by atoms with Crippen LogP contribution in [0.1, 0.15) is 30.0 Å². The molecule has 1 heterocycles. The molecular weight excluding hydrogens is 520 g/mol. The van der Waals surface area contributed by atoms with E-state index in [-0.39, 0.29) is 5.57 Å². The topological polar surface area (TPSA) is 94.2 Å². The second kappa shape index (κ2) is 12.0. The number of carbonyl (C=O) groups is 3. The maximum Gasteiger partial charge on any atom is 0.335 e. The molecule has 1 aliphatic rings. The van der Waals surface area contributed by atoms with Crippen molar-refractivity contribution in [2.45, 2.75) is 26.9 Å². The van der Waals surface area contributed by atoms with Gasteiger partial charge in [-0.15, -0.1) is 0 Å². The van der Waals surface area contributed by atoms with E-state index in [0.29, 0.717) is 41.7 Å². The minimum absolute atomic E-state index is 0.182. The number of nitrogens with one attached hydrogen (secondary N) is 1. The molecule has 1 aliphatic heterocycles. The van der Waals surface area contributed by atoms with Crippen LogP contribution in [-0.4, -0.2) is 31.6 Å². The number of fused-ring (bicyclic) bond motifs is 1. The van der Waals surface area contributed by atoms with Gasteiger partial charge in [-0.1, -0.05) is 49.4 Å². The molecule has 208 valence electrons. The van der Waals surface area contributed by atoms with Gasteiger partial charge in [0, 0.05) is 5.56 Å². The largest absolute Gasteiger partial charge is 0.494 e. The molecule has 1 fully saturated rings. The minimum Gasteiger partial charge on any atom is -0.494 e. The molecule has 0 atom stereocenters. The number of hydrogen-bond donors (Lipinski definition) is 1. The van der Waals surface area contributed by atoms with Gasteiger partial charge in [0.05, 0.1) is 19.4 Å². The Morgan fingerprint density at radius 2 is 1.66 bits per heavy atom. The van der Waals surface area contributed by atoms with Crippen LogP contribution >= 0.6 is 0 Å². The SMILES string of the molecule is CCCOc1ccc(N2C(=O)NC(=O)/C(=C/c3ccc(OCc4c(C)ccc5ccccc45)c(OC)c3)C2=O)cc1. The molecule has 0 unspecified atom stereocenters. The predicted octanol–water partition coefficient (Wildman–Crippen LogP) is 6.19. The van der Waals surface area contributed by atoms with Crippen LogP contribution in [0.5, 0.6) is 17.2 Å². The van der Waals surface area contributed by atoms with Crippen LogP contribution in [0.15, 0.2) is 84.4 Å². The first kappa shape index (κ1) is 27.5. The lowest BCUT2D eigenvalue weighted by molar-refractivity contribution is -0.122.